The van der Waals surface area contributed by atoms with Crippen LogP contribution in [0.25, 0.3) is 4.96 Å². The lowest BCUT2D eigenvalue weighted by Crippen LogP contribution is -2.21. The minimum Gasteiger partial charge on any atom is -0.455 e. The molecule has 124 valence electrons. The number of carbonyl (C=O) groups excluding carboxylic acids is 2. The largest absolute Gasteiger partial charge is 0.455 e. The van der Waals surface area contributed by atoms with E-state index in [0.717, 1.165) is 10.5 Å². The maximum atomic E-state index is 11.8. The minimum atomic E-state index is -0.508. The van der Waals surface area contributed by atoms with Gasteiger partial charge >= 0.3 is 5.97 Å². The van der Waals surface area contributed by atoms with Gasteiger partial charge in [0.2, 0.25) is 0 Å². The van der Waals surface area contributed by atoms with Crippen molar-refractivity contribution in [1.29, 1.82) is 0 Å². The second-order valence-electron chi connectivity index (χ2n) is 5.19. The van der Waals surface area contributed by atoms with Crippen molar-refractivity contribution >= 4 is 45.5 Å². The topological polar surface area (TPSA) is 72.7 Å². The van der Waals surface area contributed by atoms with Crippen LogP contribution in [0.5, 0.6) is 0 Å². The number of hydrogen-bond acceptors (Lipinski definition) is 5. The summed E-state index contributed by atoms with van der Waals surface area (Å²) in [6, 6.07) is 5.28. The number of carbonyl (C=O) groups is 2. The Morgan fingerprint density at radius 2 is 2.25 bits per heavy atom. The highest BCUT2D eigenvalue weighted by atomic mass is 35.5. The van der Waals surface area contributed by atoms with Crippen LogP contribution >= 0.6 is 22.9 Å². The number of fused-ring (bicyclic) bond motifs is 1. The van der Waals surface area contributed by atoms with Crippen molar-refractivity contribution in [2.75, 3.05) is 11.9 Å². The third-order valence-electron chi connectivity index (χ3n) is 3.23. The molecule has 0 unspecified atom stereocenters. The lowest BCUT2D eigenvalue weighted by molar-refractivity contribution is -0.146. The molecule has 0 atom stereocenters. The van der Waals surface area contributed by atoms with E-state index in [2.05, 4.69) is 10.3 Å². The summed E-state index contributed by atoms with van der Waals surface area (Å²) < 4.78 is 6.81. The van der Waals surface area contributed by atoms with Gasteiger partial charge in [0.1, 0.15) is 0 Å². The number of ether oxygens (including phenoxy) is 1. The van der Waals surface area contributed by atoms with Gasteiger partial charge < -0.3 is 10.1 Å². The zero-order chi connectivity index (χ0) is 17.1. The van der Waals surface area contributed by atoms with Crippen molar-refractivity contribution in [1.82, 2.24) is 9.38 Å². The number of amides is 1. The SMILES string of the molecule is Cc1ccc(NC(=O)COC(=O)Cc2cn3ccsc3n2)c(Cl)c1. The number of nitrogens with one attached hydrogen (secondary N) is 1. The summed E-state index contributed by atoms with van der Waals surface area (Å²) >= 11 is 7.52. The molecular formula is C16H14ClN3O3S. The molecule has 0 aliphatic carbocycles. The van der Waals surface area contributed by atoms with Crippen LogP contribution in [-0.2, 0) is 20.7 Å². The average Bonchev–Trinajstić information content (AvgIpc) is 3.09. The van der Waals surface area contributed by atoms with Gasteiger partial charge in [-0.2, -0.15) is 0 Å². The van der Waals surface area contributed by atoms with E-state index < -0.39 is 11.9 Å². The molecule has 1 aromatic carbocycles. The first kappa shape index (κ1) is 16.5. The van der Waals surface area contributed by atoms with E-state index in [9.17, 15) is 9.59 Å². The number of aromatic nitrogens is 2. The van der Waals surface area contributed by atoms with Crippen molar-refractivity contribution in [2.45, 2.75) is 13.3 Å². The fourth-order valence-corrected chi connectivity index (χ4v) is 3.12. The maximum absolute atomic E-state index is 11.8. The molecule has 24 heavy (non-hydrogen) atoms. The van der Waals surface area contributed by atoms with Gasteiger partial charge in [0, 0.05) is 17.8 Å². The first-order chi connectivity index (χ1) is 11.5. The Bertz CT molecular complexity index is 874. The number of halogens is 1. The lowest BCUT2D eigenvalue weighted by Gasteiger charge is -2.08. The van der Waals surface area contributed by atoms with Crippen molar-refractivity contribution < 1.29 is 14.3 Å². The smallest absolute Gasteiger partial charge is 0.312 e. The van der Waals surface area contributed by atoms with E-state index in [1.807, 2.05) is 29.0 Å². The van der Waals surface area contributed by atoms with Gasteiger partial charge in [0.25, 0.3) is 5.91 Å². The van der Waals surface area contributed by atoms with Crippen LogP contribution in [0.15, 0.2) is 36.0 Å². The summed E-state index contributed by atoms with van der Waals surface area (Å²) in [5.74, 6) is -0.953. The monoisotopic (exact) mass is 363 g/mol. The second kappa shape index (κ2) is 7.02. The predicted octanol–water partition coefficient (Wildman–Crippen LogP) is 3.08. The van der Waals surface area contributed by atoms with E-state index in [1.54, 1.807) is 18.3 Å². The number of hydrogen-bond donors (Lipinski definition) is 1. The Morgan fingerprint density at radius 1 is 1.42 bits per heavy atom. The highest BCUT2D eigenvalue weighted by Gasteiger charge is 2.12. The molecule has 3 aromatic rings. The molecule has 1 N–H and O–H groups in total. The number of esters is 1. The van der Waals surface area contributed by atoms with Crippen molar-refractivity contribution in [3.05, 3.63) is 52.3 Å². The molecule has 0 saturated carbocycles. The molecule has 6 nitrogen and oxygen atoms in total. The third kappa shape index (κ3) is 3.93. The van der Waals surface area contributed by atoms with E-state index in [1.165, 1.54) is 11.3 Å². The Morgan fingerprint density at radius 3 is 3.00 bits per heavy atom. The molecule has 1 amide bonds. The quantitative estimate of drug-likeness (QED) is 0.707. The van der Waals surface area contributed by atoms with Crippen molar-refractivity contribution in [3.63, 3.8) is 0 Å². The van der Waals surface area contributed by atoms with Gasteiger partial charge in [-0.1, -0.05) is 17.7 Å². The first-order valence-corrected chi connectivity index (χ1v) is 8.40. The minimum absolute atomic E-state index is 0.0208. The van der Waals surface area contributed by atoms with E-state index >= 15 is 0 Å². The fourth-order valence-electron chi connectivity index (χ4n) is 2.11. The Balaban J connectivity index is 1.50. The van der Waals surface area contributed by atoms with Crippen molar-refractivity contribution in [3.8, 4) is 0 Å². The number of nitrogens with zero attached hydrogens (tertiary/aromatic N) is 2. The zero-order valence-electron chi connectivity index (χ0n) is 12.8. The Labute approximate surface area is 147 Å². The second-order valence-corrected chi connectivity index (χ2v) is 6.47. The fraction of sp³-hybridized carbons (Fsp3) is 0.188. The molecule has 2 heterocycles. The number of imidazole rings is 1. The summed E-state index contributed by atoms with van der Waals surface area (Å²) in [5.41, 5.74) is 2.08. The molecule has 2 aromatic heterocycles. The summed E-state index contributed by atoms with van der Waals surface area (Å²) in [4.78, 5) is 28.7. The lowest BCUT2D eigenvalue weighted by atomic mass is 10.2. The van der Waals surface area contributed by atoms with Crippen LogP contribution < -0.4 is 5.32 Å². The number of anilines is 1. The Hall–Kier alpha value is -2.38. The van der Waals surface area contributed by atoms with Gasteiger partial charge in [-0.25, -0.2) is 4.98 Å². The predicted molar refractivity (Wildman–Crippen MR) is 92.6 cm³/mol. The summed E-state index contributed by atoms with van der Waals surface area (Å²) in [6.45, 7) is 1.53. The standard InChI is InChI=1S/C16H14ClN3O3S/c1-10-2-3-13(12(17)6-10)19-14(21)9-23-15(22)7-11-8-20-4-5-24-16(20)18-11/h2-6,8H,7,9H2,1H3,(H,19,21). The van der Waals surface area contributed by atoms with E-state index in [-0.39, 0.29) is 13.0 Å². The molecule has 0 bridgehead atoms. The molecule has 8 heteroatoms. The summed E-state index contributed by atoms with van der Waals surface area (Å²) in [7, 11) is 0. The van der Waals surface area contributed by atoms with Gasteiger partial charge in [-0.05, 0) is 24.6 Å². The van der Waals surface area contributed by atoms with Gasteiger partial charge in [-0.3, -0.25) is 14.0 Å². The number of aryl methyl sites for hydroxylation is 1. The van der Waals surface area contributed by atoms with Gasteiger partial charge in [0.15, 0.2) is 11.6 Å². The normalized spacial score (nSPS) is 10.8. The highest BCUT2D eigenvalue weighted by Crippen LogP contribution is 2.22. The van der Waals surface area contributed by atoms with Crippen LogP contribution in [0, 0.1) is 6.92 Å². The van der Waals surface area contributed by atoms with Crippen molar-refractivity contribution in [2.24, 2.45) is 0 Å². The van der Waals surface area contributed by atoms with Crippen LogP contribution in [-0.4, -0.2) is 27.9 Å². The first-order valence-electron chi connectivity index (χ1n) is 7.14. The van der Waals surface area contributed by atoms with Crippen LogP contribution in [0.3, 0.4) is 0 Å². The molecule has 0 saturated heterocycles. The molecular weight excluding hydrogens is 350 g/mol. The zero-order valence-corrected chi connectivity index (χ0v) is 14.4. The molecule has 0 fully saturated rings. The summed E-state index contributed by atoms with van der Waals surface area (Å²) in [5, 5.41) is 4.95. The molecule has 0 aliphatic heterocycles. The third-order valence-corrected chi connectivity index (χ3v) is 4.31. The highest BCUT2D eigenvalue weighted by molar-refractivity contribution is 7.15. The molecule has 0 spiro atoms. The summed E-state index contributed by atoms with van der Waals surface area (Å²) in [6.07, 6.45) is 3.65. The van der Waals surface area contributed by atoms with Crippen LogP contribution in [0.1, 0.15) is 11.3 Å². The number of benzene rings is 1. The van der Waals surface area contributed by atoms with Crippen LogP contribution in [0.2, 0.25) is 5.02 Å². The van der Waals surface area contributed by atoms with Gasteiger partial charge in [0.05, 0.1) is 22.8 Å². The van der Waals surface area contributed by atoms with Gasteiger partial charge in [-0.15, -0.1) is 11.3 Å². The average molecular weight is 364 g/mol. The molecule has 0 aliphatic rings. The Kier molecular flexibility index (Phi) is 4.82. The maximum Gasteiger partial charge on any atom is 0.312 e. The van der Waals surface area contributed by atoms with E-state index in [4.69, 9.17) is 16.3 Å². The number of rotatable bonds is 5. The van der Waals surface area contributed by atoms with E-state index in [0.29, 0.717) is 16.4 Å². The molecule has 0 radical (unpaired) electrons. The van der Waals surface area contributed by atoms with Crippen LogP contribution in [0.4, 0.5) is 5.69 Å². The number of thiazole rings is 1. The molecule has 3 rings (SSSR count).